The summed E-state index contributed by atoms with van der Waals surface area (Å²) in [7, 11) is 0. The first-order valence-electron chi connectivity index (χ1n) is 6.68. The van der Waals surface area contributed by atoms with Gasteiger partial charge in [-0.05, 0) is 37.4 Å². The molecule has 0 amide bonds. The Balaban J connectivity index is 2.05. The minimum atomic E-state index is -0.607. The number of aromatic nitrogens is 3. The van der Waals surface area contributed by atoms with Crippen LogP contribution in [0.25, 0.3) is 11.4 Å². The minimum absolute atomic E-state index is 0.300. The van der Waals surface area contributed by atoms with Crippen LogP contribution < -0.4 is 5.73 Å². The van der Waals surface area contributed by atoms with Crippen molar-refractivity contribution in [3.05, 3.63) is 35.2 Å². The van der Waals surface area contributed by atoms with Crippen molar-refractivity contribution in [1.82, 2.24) is 14.8 Å². The van der Waals surface area contributed by atoms with Crippen LogP contribution in [0.4, 0.5) is 8.78 Å². The van der Waals surface area contributed by atoms with Crippen LogP contribution in [0.5, 0.6) is 0 Å². The van der Waals surface area contributed by atoms with Gasteiger partial charge in [-0.3, -0.25) is 0 Å². The highest BCUT2D eigenvalue weighted by atomic mass is 19.1. The summed E-state index contributed by atoms with van der Waals surface area (Å²) >= 11 is 0. The van der Waals surface area contributed by atoms with Crippen molar-refractivity contribution in [2.45, 2.75) is 26.3 Å². The Bertz CT molecular complexity index is 651. The predicted molar refractivity (Wildman–Crippen MR) is 71.0 cm³/mol. The zero-order valence-corrected chi connectivity index (χ0v) is 11.2. The van der Waals surface area contributed by atoms with E-state index >= 15 is 0 Å². The highest BCUT2D eigenvalue weighted by Gasteiger charge is 2.24. The maximum atomic E-state index is 14.0. The topological polar surface area (TPSA) is 56.7 Å². The molecule has 1 aromatic heterocycles. The number of hydrogen-bond donors (Lipinski definition) is 1. The van der Waals surface area contributed by atoms with Gasteiger partial charge in [-0.25, -0.2) is 8.78 Å². The predicted octanol–water partition coefficient (Wildman–Crippen LogP) is 2.05. The van der Waals surface area contributed by atoms with Gasteiger partial charge >= 0.3 is 0 Å². The molecule has 0 saturated heterocycles. The summed E-state index contributed by atoms with van der Waals surface area (Å²) < 4.78 is 29.2. The smallest absolute Gasteiger partial charge is 0.166 e. The zero-order valence-electron chi connectivity index (χ0n) is 11.2. The molecule has 4 nitrogen and oxygen atoms in total. The van der Waals surface area contributed by atoms with E-state index in [4.69, 9.17) is 5.73 Å². The Kier molecular flexibility index (Phi) is 3.25. The molecule has 1 unspecified atom stereocenters. The van der Waals surface area contributed by atoms with Gasteiger partial charge in [0.15, 0.2) is 5.82 Å². The van der Waals surface area contributed by atoms with Crippen molar-refractivity contribution in [2.24, 2.45) is 11.7 Å². The fraction of sp³-hybridized carbons (Fsp3) is 0.429. The lowest BCUT2D eigenvalue weighted by molar-refractivity contribution is 0.391. The number of hydrogen-bond acceptors (Lipinski definition) is 3. The van der Waals surface area contributed by atoms with Crippen LogP contribution in [0.15, 0.2) is 12.1 Å². The summed E-state index contributed by atoms with van der Waals surface area (Å²) in [5.41, 5.74) is 6.38. The molecule has 0 fully saturated rings. The third-order valence-corrected chi connectivity index (χ3v) is 3.88. The van der Waals surface area contributed by atoms with Crippen LogP contribution in [0.3, 0.4) is 0 Å². The van der Waals surface area contributed by atoms with Gasteiger partial charge < -0.3 is 10.3 Å². The second kappa shape index (κ2) is 4.94. The molecule has 0 bridgehead atoms. The van der Waals surface area contributed by atoms with Crippen molar-refractivity contribution < 1.29 is 8.78 Å². The first kappa shape index (κ1) is 13.2. The van der Waals surface area contributed by atoms with Gasteiger partial charge in [-0.1, -0.05) is 0 Å². The molecule has 6 heteroatoms. The summed E-state index contributed by atoms with van der Waals surface area (Å²) in [6.45, 7) is 2.94. The van der Waals surface area contributed by atoms with Gasteiger partial charge in [0.05, 0.1) is 5.56 Å². The van der Waals surface area contributed by atoms with Crippen molar-refractivity contribution >= 4 is 0 Å². The SMILES string of the molecule is Cc1cc(-c2nnc3n2CCC(CN)C3)c(F)cc1F. The van der Waals surface area contributed by atoms with E-state index in [9.17, 15) is 8.78 Å². The molecule has 3 rings (SSSR count). The van der Waals surface area contributed by atoms with Gasteiger partial charge in [0.2, 0.25) is 0 Å². The first-order valence-corrected chi connectivity index (χ1v) is 6.68. The maximum Gasteiger partial charge on any atom is 0.166 e. The normalized spacial score (nSPS) is 18.1. The van der Waals surface area contributed by atoms with Crippen LogP contribution in [0, 0.1) is 24.5 Å². The Morgan fingerprint density at radius 2 is 2.10 bits per heavy atom. The van der Waals surface area contributed by atoms with Crippen LogP contribution in [-0.2, 0) is 13.0 Å². The summed E-state index contributed by atoms with van der Waals surface area (Å²) in [6.07, 6.45) is 1.68. The molecule has 0 radical (unpaired) electrons. The molecule has 2 N–H and O–H groups in total. The van der Waals surface area contributed by atoms with Crippen LogP contribution in [0.2, 0.25) is 0 Å². The lowest BCUT2D eigenvalue weighted by atomic mass is 9.98. The highest BCUT2D eigenvalue weighted by Crippen LogP contribution is 2.28. The lowest BCUT2D eigenvalue weighted by Gasteiger charge is -2.22. The van der Waals surface area contributed by atoms with E-state index in [1.165, 1.54) is 6.07 Å². The van der Waals surface area contributed by atoms with Crippen molar-refractivity contribution in [3.8, 4) is 11.4 Å². The van der Waals surface area contributed by atoms with Gasteiger partial charge in [-0.15, -0.1) is 10.2 Å². The Morgan fingerprint density at radius 1 is 1.30 bits per heavy atom. The molecule has 0 aliphatic carbocycles. The zero-order chi connectivity index (χ0) is 14.3. The number of nitrogens with zero attached hydrogens (tertiary/aromatic N) is 3. The minimum Gasteiger partial charge on any atom is -0.330 e. The molecule has 1 aliphatic rings. The average molecular weight is 278 g/mol. The molecule has 2 heterocycles. The Labute approximate surface area is 115 Å². The quantitative estimate of drug-likeness (QED) is 0.914. The molecule has 0 spiro atoms. The summed E-state index contributed by atoms with van der Waals surface area (Å²) in [5.74, 6) is 0.538. The fourth-order valence-electron chi connectivity index (χ4n) is 2.62. The largest absolute Gasteiger partial charge is 0.330 e. The number of rotatable bonds is 2. The standard InChI is InChI=1S/C14H16F2N4/c1-8-4-10(12(16)6-11(8)15)14-19-18-13-5-9(7-17)2-3-20(13)14/h4,6,9H,2-3,5,7,17H2,1H3. The van der Waals surface area contributed by atoms with Gasteiger partial charge in [0, 0.05) is 19.0 Å². The average Bonchev–Trinajstić information content (AvgIpc) is 2.85. The second-order valence-corrected chi connectivity index (χ2v) is 5.27. The molecular weight excluding hydrogens is 262 g/mol. The third-order valence-electron chi connectivity index (χ3n) is 3.88. The molecule has 1 atom stereocenters. The first-order chi connectivity index (χ1) is 9.60. The molecule has 1 aliphatic heterocycles. The number of fused-ring (bicyclic) bond motifs is 1. The van der Waals surface area contributed by atoms with E-state index in [-0.39, 0.29) is 0 Å². The van der Waals surface area contributed by atoms with Gasteiger partial charge in [0.25, 0.3) is 0 Å². The molecule has 20 heavy (non-hydrogen) atoms. The molecule has 2 aromatic rings. The fourth-order valence-corrected chi connectivity index (χ4v) is 2.62. The van der Waals surface area contributed by atoms with E-state index < -0.39 is 11.6 Å². The van der Waals surface area contributed by atoms with E-state index in [1.807, 2.05) is 4.57 Å². The monoisotopic (exact) mass is 278 g/mol. The van der Waals surface area contributed by atoms with E-state index in [0.717, 1.165) is 31.3 Å². The highest BCUT2D eigenvalue weighted by molar-refractivity contribution is 5.58. The van der Waals surface area contributed by atoms with Crippen LogP contribution in [-0.4, -0.2) is 21.3 Å². The van der Waals surface area contributed by atoms with E-state index in [0.29, 0.717) is 29.4 Å². The number of nitrogens with two attached hydrogens (primary N) is 1. The van der Waals surface area contributed by atoms with Gasteiger partial charge in [0.1, 0.15) is 17.5 Å². The maximum absolute atomic E-state index is 14.0. The second-order valence-electron chi connectivity index (χ2n) is 5.27. The summed E-state index contributed by atoms with van der Waals surface area (Å²) in [6, 6.07) is 2.38. The number of aryl methyl sites for hydroxylation is 1. The molecule has 0 saturated carbocycles. The van der Waals surface area contributed by atoms with Gasteiger partial charge in [-0.2, -0.15) is 0 Å². The van der Waals surface area contributed by atoms with Crippen LogP contribution in [0.1, 0.15) is 17.8 Å². The van der Waals surface area contributed by atoms with Crippen molar-refractivity contribution in [1.29, 1.82) is 0 Å². The number of halogens is 2. The Morgan fingerprint density at radius 3 is 2.85 bits per heavy atom. The summed E-state index contributed by atoms with van der Waals surface area (Å²) in [4.78, 5) is 0. The summed E-state index contributed by atoms with van der Waals surface area (Å²) in [5, 5.41) is 8.20. The van der Waals surface area contributed by atoms with Crippen molar-refractivity contribution in [2.75, 3.05) is 6.54 Å². The molecule has 1 aromatic carbocycles. The van der Waals surface area contributed by atoms with Crippen LogP contribution >= 0.6 is 0 Å². The number of benzene rings is 1. The third kappa shape index (κ3) is 2.10. The molecular formula is C14H16F2N4. The van der Waals surface area contributed by atoms with Crippen molar-refractivity contribution in [3.63, 3.8) is 0 Å². The Hall–Kier alpha value is -1.82. The van der Waals surface area contributed by atoms with E-state index in [1.54, 1.807) is 6.92 Å². The molecule has 106 valence electrons. The lowest BCUT2D eigenvalue weighted by Crippen LogP contribution is -2.25. The van der Waals surface area contributed by atoms with E-state index in [2.05, 4.69) is 10.2 Å².